The zero-order valence-electron chi connectivity index (χ0n) is 10.9. The molecule has 0 saturated carbocycles. The molecule has 0 aliphatic carbocycles. The van der Waals surface area contributed by atoms with Crippen LogP contribution in [0, 0.1) is 17.0 Å². The molecule has 1 atom stereocenters. The molecule has 0 bridgehead atoms. The molecule has 0 spiro atoms. The molecule has 0 saturated heterocycles. The van der Waals surface area contributed by atoms with Gasteiger partial charge in [-0.3, -0.25) is 14.8 Å². The average molecular weight is 240 g/mol. The number of nitrogens with zero attached hydrogens (tertiary/aromatic N) is 3. The normalized spacial score (nSPS) is 12.7. The smallest absolute Gasteiger partial charge is 0.313 e. The van der Waals surface area contributed by atoms with Gasteiger partial charge in [-0.05, 0) is 20.4 Å². The van der Waals surface area contributed by atoms with Crippen molar-refractivity contribution in [2.45, 2.75) is 39.2 Å². The lowest BCUT2D eigenvalue weighted by Crippen LogP contribution is -2.28. The zero-order chi connectivity index (χ0) is 13.0. The van der Waals surface area contributed by atoms with Gasteiger partial charge in [0.1, 0.15) is 11.4 Å². The minimum Gasteiger partial charge on any atom is -0.317 e. The van der Waals surface area contributed by atoms with E-state index in [9.17, 15) is 10.1 Å². The summed E-state index contributed by atoms with van der Waals surface area (Å²) in [6.07, 6.45) is 2.69. The summed E-state index contributed by atoms with van der Waals surface area (Å²) in [7, 11) is 3.64. The van der Waals surface area contributed by atoms with Gasteiger partial charge >= 0.3 is 5.69 Å². The topological polar surface area (TPSA) is 73.0 Å². The zero-order valence-corrected chi connectivity index (χ0v) is 10.9. The lowest BCUT2D eigenvalue weighted by Gasteiger charge is -2.14. The number of aromatic nitrogens is 2. The van der Waals surface area contributed by atoms with Gasteiger partial charge in [0, 0.05) is 19.5 Å². The summed E-state index contributed by atoms with van der Waals surface area (Å²) < 4.78 is 1.62. The average Bonchev–Trinajstić information content (AvgIpc) is 2.53. The molecule has 0 aliphatic rings. The van der Waals surface area contributed by atoms with Gasteiger partial charge < -0.3 is 5.32 Å². The number of hydrogen-bond donors (Lipinski definition) is 1. The Labute approximate surface area is 101 Å². The molecule has 0 aromatic carbocycles. The fourth-order valence-corrected chi connectivity index (χ4v) is 2.09. The van der Waals surface area contributed by atoms with Crippen LogP contribution in [0.3, 0.4) is 0 Å². The van der Waals surface area contributed by atoms with Gasteiger partial charge in [0.05, 0.1) is 4.92 Å². The molecule has 0 fully saturated rings. The minimum absolute atomic E-state index is 0.156. The summed E-state index contributed by atoms with van der Waals surface area (Å²) in [5.74, 6) is 0. The fourth-order valence-electron chi connectivity index (χ4n) is 2.09. The van der Waals surface area contributed by atoms with E-state index < -0.39 is 0 Å². The molecule has 0 radical (unpaired) electrons. The lowest BCUT2D eigenvalue weighted by atomic mass is 10.1. The van der Waals surface area contributed by atoms with Crippen molar-refractivity contribution in [3.05, 3.63) is 21.5 Å². The highest BCUT2D eigenvalue weighted by Gasteiger charge is 2.25. The van der Waals surface area contributed by atoms with Crippen LogP contribution in [-0.4, -0.2) is 27.8 Å². The maximum absolute atomic E-state index is 11.0. The molecule has 1 aromatic rings. The van der Waals surface area contributed by atoms with Gasteiger partial charge in [-0.15, -0.1) is 0 Å². The van der Waals surface area contributed by atoms with Gasteiger partial charge in [-0.2, -0.15) is 5.10 Å². The SMILES string of the molecule is CCCC(Cc1c([N+](=O)[O-])c(C)nn1C)NC. The largest absolute Gasteiger partial charge is 0.317 e. The first-order valence-corrected chi connectivity index (χ1v) is 5.85. The molecule has 1 heterocycles. The summed E-state index contributed by atoms with van der Waals surface area (Å²) in [4.78, 5) is 10.7. The second-order valence-corrected chi connectivity index (χ2v) is 4.24. The van der Waals surface area contributed by atoms with Crippen molar-refractivity contribution >= 4 is 5.69 Å². The van der Waals surface area contributed by atoms with Crippen molar-refractivity contribution in [3.8, 4) is 0 Å². The number of nitro groups is 1. The van der Waals surface area contributed by atoms with Gasteiger partial charge in [0.25, 0.3) is 0 Å². The number of likely N-dealkylation sites (N-methyl/N-ethyl adjacent to an activating group) is 1. The van der Waals surface area contributed by atoms with Gasteiger partial charge in [-0.25, -0.2) is 0 Å². The van der Waals surface area contributed by atoms with E-state index in [0.717, 1.165) is 12.8 Å². The number of hydrogen-bond acceptors (Lipinski definition) is 4. The summed E-state index contributed by atoms with van der Waals surface area (Å²) in [6, 6.07) is 0.258. The van der Waals surface area contributed by atoms with E-state index in [0.29, 0.717) is 17.8 Å². The van der Waals surface area contributed by atoms with E-state index in [1.807, 2.05) is 7.05 Å². The number of aryl methyl sites for hydroxylation is 2. The molecular weight excluding hydrogens is 220 g/mol. The van der Waals surface area contributed by atoms with E-state index in [1.54, 1.807) is 18.7 Å². The Morgan fingerprint density at radius 1 is 1.59 bits per heavy atom. The molecule has 1 N–H and O–H groups in total. The van der Waals surface area contributed by atoms with E-state index in [-0.39, 0.29) is 16.7 Å². The monoisotopic (exact) mass is 240 g/mol. The summed E-state index contributed by atoms with van der Waals surface area (Å²) in [5.41, 5.74) is 1.34. The highest BCUT2D eigenvalue weighted by atomic mass is 16.6. The van der Waals surface area contributed by atoms with Crippen molar-refractivity contribution in [1.29, 1.82) is 0 Å². The van der Waals surface area contributed by atoms with Crippen LogP contribution < -0.4 is 5.32 Å². The lowest BCUT2D eigenvalue weighted by molar-refractivity contribution is -0.386. The standard InChI is InChI=1S/C11H20N4O2/c1-5-6-9(12-3)7-10-11(15(16)17)8(2)13-14(10)4/h9,12H,5-7H2,1-4H3. The number of nitrogens with one attached hydrogen (secondary N) is 1. The van der Waals surface area contributed by atoms with Crippen LogP contribution in [0.15, 0.2) is 0 Å². The van der Waals surface area contributed by atoms with Crippen LogP contribution >= 0.6 is 0 Å². The maximum Gasteiger partial charge on any atom is 0.313 e. The van der Waals surface area contributed by atoms with E-state index >= 15 is 0 Å². The summed E-state index contributed by atoms with van der Waals surface area (Å²) in [5, 5.41) is 18.3. The van der Waals surface area contributed by atoms with Crippen LogP contribution in [0.1, 0.15) is 31.2 Å². The second-order valence-electron chi connectivity index (χ2n) is 4.24. The molecule has 0 aliphatic heterocycles. The summed E-state index contributed by atoms with van der Waals surface area (Å²) in [6.45, 7) is 3.78. The maximum atomic E-state index is 11.0. The highest BCUT2D eigenvalue weighted by Crippen LogP contribution is 2.24. The van der Waals surface area contributed by atoms with Crippen molar-refractivity contribution in [2.75, 3.05) is 7.05 Å². The van der Waals surface area contributed by atoms with Crippen LogP contribution in [0.5, 0.6) is 0 Å². The quantitative estimate of drug-likeness (QED) is 0.605. The Morgan fingerprint density at radius 2 is 2.24 bits per heavy atom. The van der Waals surface area contributed by atoms with E-state index in [1.165, 1.54) is 0 Å². The summed E-state index contributed by atoms with van der Waals surface area (Å²) >= 11 is 0. The second kappa shape index (κ2) is 5.77. The third kappa shape index (κ3) is 3.03. The Balaban J connectivity index is 3.00. The number of rotatable bonds is 6. The van der Waals surface area contributed by atoms with Gasteiger partial charge in [0.2, 0.25) is 0 Å². The molecular formula is C11H20N4O2. The molecule has 0 amide bonds. The first kappa shape index (κ1) is 13.6. The minimum atomic E-state index is -0.337. The third-order valence-corrected chi connectivity index (χ3v) is 2.97. The predicted octanol–water partition coefficient (Wildman–Crippen LogP) is 1.57. The van der Waals surface area contributed by atoms with Crippen LogP contribution in [0.4, 0.5) is 5.69 Å². The fraction of sp³-hybridized carbons (Fsp3) is 0.727. The first-order valence-electron chi connectivity index (χ1n) is 5.85. The Bertz CT molecular complexity index is 400. The van der Waals surface area contributed by atoms with Crippen LogP contribution in [-0.2, 0) is 13.5 Å². The van der Waals surface area contributed by atoms with Crippen molar-refractivity contribution < 1.29 is 4.92 Å². The molecule has 6 heteroatoms. The Morgan fingerprint density at radius 3 is 2.71 bits per heavy atom. The molecule has 1 unspecified atom stereocenters. The molecule has 17 heavy (non-hydrogen) atoms. The van der Waals surface area contributed by atoms with Gasteiger partial charge in [0.15, 0.2) is 0 Å². The van der Waals surface area contributed by atoms with Gasteiger partial charge in [-0.1, -0.05) is 13.3 Å². The third-order valence-electron chi connectivity index (χ3n) is 2.97. The van der Waals surface area contributed by atoms with Crippen LogP contribution in [0.2, 0.25) is 0 Å². The van der Waals surface area contributed by atoms with E-state index in [4.69, 9.17) is 0 Å². The van der Waals surface area contributed by atoms with Crippen molar-refractivity contribution in [1.82, 2.24) is 15.1 Å². The highest BCUT2D eigenvalue weighted by molar-refractivity contribution is 5.40. The Kier molecular flexibility index (Phi) is 4.62. The molecule has 96 valence electrons. The van der Waals surface area contributed by atoms with E-state index in [2.05, 4.69) is 17.3 Å². The van der Waals surface area contributed by atoms with Crippen molar-refractivity contribution in [2.24, 2.45) is 7.05 Å². The Hall–Kier alpha value is -1.43. The van der Waals surface area contributed by atoms with Crippen molar-refractivity contribution in [3.63, 3.8) is 0 Å². The van der Waals surface area contributed by atoms with Crippen LogP contribution in [0.25, 0.3) is 0 Å². The molecule has 6 nitrogen and oxygen atoms in total. The predicted molar refractivity (Wildman–Crippen MR) is 66.1 cm³/mol. The molecule has 1 rings (SSSR count). The first-order chi connectivity index (χ1) is 8.01. The molecule has 1 aromatic heterocycles.